The maximum Gasteiger partial charge on any atom is 0.0785 e. The summed E-state index contributed by atoms with van der Waals surface area (Å²) in [6, 6.07) is 8.53. The van der Waals surface area contributed by atoms with Crippen molar-refractivity contribution >= 4 is 12.2 Å². The fourth-order valence-corrected chi connectivity index (χ4v) is 1.36. The molecule has 0 unspecified atom stereocenters. The van der Waals surface area contributed by atoms with Gasteiger partial charge in [-0.1, -0.05) is 36.4 Å². The Kier molecular flexibility index (Phi) is 3.52. The Bertz CT molecular complexity index is 303. The molecule has 0 aromatic heterocycles. The molecular weight excluding hydrogens is 151 g/mol. The smallest absolute Gasteiger partial charge is 0.0785 e. The quantitative estimate of drug-likeness (QED) is 0.546. The van der Waals surface area contributed by atoms with Gasteiger partial charge < -0.3 is 0 Å². The van der Waals surface area contributed by atoms with Gasteiger partial charge in [0.15, 0.2) is 0 Å². The summed E-state index contributed by atoms with van der Waals surface area (Å²) < 4.78 is 9.50. The topological polar surface area (TPSA) is 0 Å². The van der Waals surface area contributed by atoms with Gasteiger partial charge in [0.1, 0.15) is 0 Å². The van der Waals surface area contributed by atoms with Gasteiger partial charge in [0.2, 0.25) is 0 Å². The molecule has 12 heavy (non-hydrogen) atoms. The molecule has 0 N–H and O–H groups in total. The second-order valence-electron chi connectivity index (χ2n) is 2.61. The molecule has 1 aromatic rings. The highest BCUT2D eigenvalue weighted by atomic mass is 19.1. The molecule has 0 saturated carbocycles. The number of rotatable bonds is 0. The second kappa shape index (κ2) is 4.70. The molecular formula is C11H13F. The summed E-state index contributed by atoms with van der Waals surface area (Å²) in [6.07, 6.45) is 7.01. The lowest BCUT2D eigenvalue weighted by Crippen LogP contribution is -2.25. The Hall–Kier alpha value is -1.11. The zero-order valence-corrected chi connectivity index (χ0v) is 7.26. The van der Waals surface area contributed by atoms with E-state index in [1.54, 1.807) is 0 Å². The van der Waals surface area contributed by atoms with Crippen LogP contribution in [0.4, 0.5) is 4.39 Å². The second-order valence-corrected chi connectivity index (χ2v) is 2.61. The third-order valence-corrected chi connectivity index (χ3v) is 1.89. The lowest BCUT2D eigenvalue weighted by atomic mass is 10.1. The van der Waals surface area contributed by atoms with Crippen LogP contribution in [0, 0.1) is 0 Å². The Balaban J connectivity index is 0.000000336. The van der Waals surface area contributed by atoms with Crippen molar-refractivity contribution in [3.8, 4) is 0 Å². The lowest BCUT2D eigenvalue weighted by Gasteiger charge is -1.96. The minimum Gasteiger partial charge on any atom is -0.255 e. The van der Waals surface area contributed by atoms with Crippen molar-refractivity contribution < 1.29 is 4.39 Å². The third-order valence-electron chi connectivity index (χ3n) is 1.89. The van der Waals surface area contributed by atoms with Crippen molar-refractivity contribution in [2.24, 2.45) is 0 Å². The van der Waals surface area contributed by atoms with Crippen LogP contribution in [0.3, 0.4) is 0 Å². The molecule has 0 nitrogen and oxygen atoms in total. The standard InChI is InChI=1S/C10H10.CH3F/c1-2-6-10-8-4-3-7-9(10)5-1;1-2/h1-2,5-8H,3-4H2;1H3. The van der Waals surface area contributed by atoms with Crippen molar-refractivity contribution in [2.45, 2.75) is 12.8 Å². The van der Waals surface area contributed by atoms with Gasteiger partial charge in [-0.05, 0) is 23.3 Å². The first kappa shape index (κ1) is 8.98. The van der Waals surface area contributed by atoms with Crippen molar-refractivity contribution in [3.05, 3.63) is 34.7 Å². The summed E-state index contributed by atoms with van der Waals surface area (Å²) >= 11 is 0. The average molecular weight is 164 g/mol. The highest BCUT2D eigenvalue weighted by Gasteiger charge is 1.88. The highest BCUT2D eigenvalue weighted by molar-refractivity contribution is 5.37. The molecule has 1 aromatic carbocycles. The molecule has 0 spiro atoms. The van der Waals surface area contributed by atoms with Crippen LogP contribution in [0.5, 0.6) is 0 Å². The van der Waals surface area contributed by atoms with E-state index >= 15 is 0 Å². The van der Waals surface area contributed by atoms with Gasteiger partial charge in [-0.15, -0.1) is 0 Å². The summed E-state index contributed by atoms with van der Waals surface area (Å²) in [5, 5.41) is 2.79. The number of hydrogen-bond donors (Lipinski definition) is 0. The minimum atomic E-state index is 0.500. The maximum atomic E-state index is 9.50. The Morgan fingerprint density at radius 2 is 1.33 bits per heavy atom. The van der Waals surface area contributed by atoms with E-state index < -0.39 is 0 Å². The van der Waals surface area contributed by atoms with Gasteiger partial charge in [0.25, 0.3) is 0 Å². The van der Waals surface area contributed by atoms with E-state index in [-0.39, 0.29) is 0 Å². The molecule has 1 aliphatic carbocycles. The number of fused-ring (bicyclic) bond motifs is 1. The van der Waals surface area contributed by atoms with Crippen molar-refractivity contribution in [2.75, 3.05) is 7.18 Å². The summed E-state index contributed by atoms with van der Waals surface area (Å²) in [4.78, 5) is 0. The molecule has 0 heterocycles. The molecule has 2 rings (SSSR count). The molecule has 64 valence electrons. The number of halogens is 1. The lowest BCUT2D eigenvalue weighted by molar-refractivity contribution is 0.636. The average Bonchev–Trinajstić information content (AvgIpc) is 2.21. The van der Waals surface area contributed by atoms with Crippen LogP contribution < -0.4 is 10.4 Å². The van der Waals surface area contributed by atoms with Gasteiger partial charge in [-0.2, -0.15) is 0 Å². The normalized spacial score (nSPS) is 12.8. The minimum absolute atomic E-state index is 0.500. The van der Waals surface area contributed by atoms with Crippen molar-refractivity contribution in [1.82, 2.24) is 0 Å². The molecule has 0 radical (unpaired) electrons. The van der Waals surface area contributed by atoms with E-state index in [4.69, 9.17) is 0 Å². The predicted octanol–water partition coefficient (Wildman–Crippen LogP) is 1.63. The van der Waals surface area contributed by atoms with Gasteiger partial charge in [0.05, 0.1) is 7.18 Å². The van der Waals surface area contributed by atoms with Crippen LogP contribution in [0.1, 0.15) is 12.8 Å². The summed E-state index contributed by atoms with van der Waals surface area (Å²) in [5.74, 6) is 0. The Labute approximate surface area is 72.0 Å². The molecule has 1 aliphatic rings. The van der Waals surface area contributed by atoms with E-state index in [1.165, 1.54) is 23.3 Å². The predicted molar refractivity (Wildman–Crippen MR) is 50.9 cm³/mol. The van der Waals surface area contributed by atoms with E-state index in [0.717, 1.165) is 0 Å². The van der Waals surface area contributed by atoms with E-state index in [1.807, 2.05) is 0 Å². The molecule has 0 bridgehead atoms. The van der Waals surface area contributed by atoms with E-state index in [9.17, 15) is 4.39 Å². The van der Waals surface area contributed by atoms with Crippen LogP contribution >= 0.6 is 0 Å². The summed E-state index contributed by atoms with van der Waals surface area (Å²) in [5.41, 5.74) is 0. The zero-order chi connectivity index (χ0) is 8.81. The van der Waals surface area contributed by atoms with Crippen LogP contribution in [0.2, 0.25) is 0 Å². The molecule has 0 saturated heterocycles. The molecule has 0 atom stereocenters. The highest BCUT2D eigenvalue weighted by Crippen LogP contribution is 1.93. The van der Waals surface area contributed by atoms with Crippen molar-refractivity contribution in [1.29, 1.82) is 0 Å². The summed E-state index contributed by atoms with van der Waals surface area (Å²) in [7, 11) is 0.500. The first-order chi connectivity index (χ1) is 5.97. The van der Waals surface area contributed by atoms with Crippen LogP contribution in [0.15, 0.2) is 24.3 Å². The largest absolute Gasteiger partial charge is 0.255 e. The first-order valence-electron chi connectivity index (χ1n) is 4.10. The zero-order valence-electron chi connectivity index (χ0n) is 7.26. The SMILES string of the molecule is C1=c2ccccc2=CCC1.CF. The molecule has 0 aliphatic heterocycles. The van der Waals surface area contributed by atoms with Crippen LogP contribution in [0.25, 0.3) is 12.2 Å². The molecule has 1 heteroatoms. The van der Waals surface area contributed by atoms with Crippen LogP contribution in [-0.4, -0.2) is 7.18 Å². The monoisotopic (exact) mass is 164 g/mol. The maximum absolute atomic E-state index is 9.50. The van der Waals surface area contributed by atoms with Gasteiger partial charge in [-0.25, -0.2) is 0 Å². The van der Waals surface area contributed by atoms with Gasteiger partial charge >= 0.3 is 0 Å². The molecule has 0 fully saturated rings. The molecule has 0 amide bonds. The van der Waals surface area contributed by atoms with E-state index in [0.29, 0.717) is 7.18 Å². The third kappa shape index (κ3) is 1.94. The summed E-state index contributed by atoms with van der Waals surface area (Å²) in [6.45, 7) is 0. The van der Waals surface area contributed by atoms with E-state index in [2.05, 4.69) is 36.4 Å². The van der Waals surface area contributed by atoms with Gasteiger partial charge in [0, 0.05) is 0 Å². The van der Waals surface area contributed by atoms with Crippen LogP contribution in [-0.2, 0) is 0 Å². The Morgan fingerprint density at radius 1 is 0.917 bits per heavy atom. The van der Waals surface area contributed by atoms with Crippen molar-refractivity contribution in [3.63, 3.8) is 0 Å². The fraction of sp³-hybridized carbons (Fsp3) is 0.273. The first-order valence-corrected chi connectivity index (χ1v) is 4.10. The van der Waals surface area contributed by atoms with Gasteiger partial charge in [-0.3, -0.25) is 4.39 Å². The number of alkyl halides is 1. The Morgan fingerprint density at radius 3 is 1.75 bits per heavy atom. The fourth-order valence-electron chi connectivity index (χ4n) is 1.36. The number of hydrogen-bond acceptors (Lipinski definition) is 0. The number of benzene rings is 1.